The van der Waals surface area contributed by atoms with Gasteiger partial charge < -0.3 is 15.7 Å². The summed E-state index contributed by atoms with van der Waals surface area (Å²) in [5, 5.41) is 16.8. The molecule has 0 bridgehead atoms. The molecule has 5 nitrogen and oxygen atoms in total. The molecule has 0 aromatic heterocycles. The van der Waals surface area contributed by atoms with E-state index in [0.29, 0.717) is 22.5 Å². The van der Waals surface area contributed by atoms with Crippen LogP contribution in [0, 0.1) is 0 Å². The number of hydrogen-bond acceptors (Lipinski definition) is 3. The first-order valence-corrected chi connectivity index (χ1v) is 8.52. The molecule has 0 radical (unpaired) electrons. The monoisotopic (exact) mass is 360 g/mol. The molecule has 3 aromatic rings. The summed E-state index contributed by atoms with van der Waals surface area (Å²) in [7, 11) is 0. The summed E-state index contributed by atoms with van der Waals surface area (Å²) in [5.74, 6) is -0.735. The van der Waals surface area contributed by atoms with Gasteiger partial charge >= 0.3 is 0 Å². The molecule has 0 spiro atoms. The fourth-order valence-electron chi connectivity index (χ4n) is 2.85. The second kappa shape index (κ2) is 7.85. The van der Waals surface area contributed by atoms with Crippen molar-refractivity contribution in [1.29, 1.82) is 0 Å². The molecule has 0 unspecified atom stereocenters. The summed E-state index contributed by atoms with van der Waals surface area (Å²) >= 11 is 0. The molecule has 3 rings (SSSR count). The van der Waals surface area contributed by atoms with Crippen molar-refractivity contribution in [2.75, 3.05) is 10.6 Å². The third-order valence-corrected chi connectivity index (χ3v) is 4.17. The Balaban J connectivity index is 1.91. The molecule has 0 fully saturated rings. The standard InChI is InChI=1S/C22H20N2O3/c1-16(25)23-19-12-14-20(15-13-19)24-21(26)22(27,17-8-4-2-5-9-17)18-10-6-3-7-11-18/h2-15,27H,1H3,(H,23,25)(H,24,26). The van der Waals surface area contributed by atoms with Gasteiger partial charge in [0.1, 0.15) is 0 Å². The molecule has 0 aliphatic carbocycles. The Morgan fingerprint density at radius 1 is 0.704 bits per heavy atom. The molecular formula is C22H20N2O3. The van der Waals surface area contributed by atoms with Gasteiger partial charge in [0, 0.05) is 18.3 Å². The maximum Gasteiger partial charge on any atom is 0.265 e. The lowest BCUT2D eigenvalue weighted by atomic mass is 9.85. The van der Waals surface area contributed by atoms with Crippen LogP contribution in [0.4, 0.5) is 11.4 Å². The largest absolute Gasteiger partial charge is 0.372 e. The van der Waals surface area contributed by atoms with Crippen molar-refractivity contribution in [3.05, 3.63) is 96.1 Å². The first-order chi connectivity index (χ1) is 13.0. The summed E-state index contributed by atoms with van der Waals surface area (Å²) in [4.78, 5) is 24.2. The lowest BCUT2D eigenvalue weighted by Gasteiger charge is -2.28. The van der Waals surface area contributed by atoms with Crippen LogP contribution in [0.1, 0.15) is 18.1 Å². The summed E-state index contributed by atoms with van der Waals surface area (Å²) < 4.78 is 0. The van der Waals surface area contributed by atoms with Crippen molar-refractivity contribution >= 4 is 23.2 Å². The third kappa shape index (κ3) is 4.04. The van der Waals surface area contributed by atoms with E-state index in [9.17, 15) is 14.7 Å². The van der Waals surface area contributed by atoms with Gasteiger partial charge in [-0.2, -0.15) is 0 Å². The molecule has 3 N–H and O–H groups in total. The Labute approximate surface area is 157 Å². The maximum absolute atomic E-state index is 13.1. The van der Waals surface area contributed by atoms with Gasteiger partial charge in [-0.05, 0) is 35.4 Å². The van der Waals surface area contributed by atoms with Gasteiger partial charge in [-0.1, -0.05) is 60.7 Å². The van der Waals surface area contributed by atoms with Gasteiger partial charge in [0.15, 0.2) is 5.60 Å². The highest BCUT2D eigenvalue weighted by atomic mass is 16.3. The molecule has 0 atom stereocenters. The Morgan fingerprint density at radius 2 is 1.11 bits per heavy atom. The van der Waals surface area contributed by atoms with E-state index in [1.165, 1.54) is 6.92 Å². The molecule has 0 aliphatic rings. The number of carbonyl (C=O) groups excluding carboxylic acids is 2. The van der Waals surface area contributed by atoms with E-state index in [2.05, 4.69) is 10.6 Å². The lowest BCUT2D eigenvalue weighted by Crippen LogP contribution is -2.41. The van der Waals surface area contributed by atoms with Crippen molar-refractivity contribution in [3.63, 3.8) is 0 Å². The molecule has 136 valence electrons. The molecular weight excluding hydrogens is 340 g/mol. The Bertz CT molecular complexity index is 883. The van der Waals surface area contributed by atoms with Crippen LogP contribution < -0.4 is 10.6 Å². The fraction of sp³-hybridized carbons (Fsp3) is 0.0909. The first kappa shape index (κ1) is 18.4. The van der Waals surface area contributed by atoms with Crippen LogP contribution in [-0.2, 0) is 15.2 Å². The Morgan fingerprint density at radius 3 is 1.52 bits per heavy atom. The topological polar surface area (TPSA) is 78.4 Å². The lowest BCUT2D eigenvalue weighted by molar-refractivity contribution is -0.131. The second-order valence-electron chi connectivity index (χ2n) is 6.16. The van der Waals surface area contributed by atoms with Gasteiger partial charge in [-0.15, -0.1) is 0 Å². The van der Waals surface area contributed by atoms with E-state index in [4.69, 9.17) is 0 Å². The minimum atomic E-state index is -1.83. The van der Waals surface area contributed by atoms with Gasteiger partial charge in [-0.3, -0.25) is 9.59 Å². The molecule has 0 saturated carbocycles. The summed E-state index contributed by atoms with van der Waals surface area (Å²) in [6.45, 7) is 1.43. The third-order valence-electron chi connectivity index (χ3n) is 4.17. The molecule has 0 heterocycles. The average molecular weight is 360 g/mol. The van der Waals surface area contributed by atoms with Crippen molar-refractivity contribution < 1.29 is 14.7 Å². The first-order valence-electron chi connectivity index (χ1n) is 8.52. The van der Waals surface area contributed by atoms with Crippen molar-refractivity contribution in [2.45, 2.75) is 12.5 Å². The number of anilines is 2. The van der Waals surface area contributed by atoms with Gasteiger partial charge in [-0.25, -0.2) is 0 Å². The van der Waals surface area contributed by atoms with Crippen molar-refractivity contribution in [1.82, 2.24) is 0 Å². The van der Waals surface area contributed by atoms with Gasteiger partial charge in [0.05, 0.1) is 0 Å². The fourth-order valence-corrected chi connectivity index (χ4v) is 2.85. The van der Waals surface area contributed by atoms with E-state index >= 15 is 0 Å². The predicted molar refractivity (Wildman–Crippen MR) is 105 cm³/mol. The average Bonchev–Trinajstić information content (AvgIpc) is 2.69. The quantitative estimate of drug-likeness (QED) is 0.651. The van der Waals surface area contributed by atoms with Crippen LogP contribution in [0.5, 0.6) is 0 Å². The van der Waals surface area contributed by atoms with E-state index in [1.54, 1.807) is 72.8 Å². The predicted octanol–water partition coefficient (Wildman–Crippen LogP) is 3.52. The summed E-state index contributed by atoms with van der Waals surface area (Å²) in [6.07, 6.45) is 0. The van der Waals surface area contributed by atoms with Crippen molar-refractivity contribution in [3.8, 4) is 0 Å². The van der Waals surface area contributed by atoms with E-state index in [1.807, 2.05) is 12.1 Å². The minimum absolute atomic E-state index is 0.172. The van der Waals surface area contributed by atoms with E-state index in [0.717, 1.165) is 0 Å². The highest BCUT2D eigenvalue weighted by Gasteiger charge is 2.39. The van der Waals surface area contributed by atoms with Crippen LogP contribution >= 0.6 is 0 Å². The van der Waals surface area contributed by atoms with Crippen molar-refractivity contribution in [2.24, 2.45) is 0 Å². The van der Waals surface area contributed by atoms with Crippen LogP contribution in [0.15, 0.2) is 84.9 Å². The number of nitrogens with one attached hydrogen (secondary N) is 2. The SMILES string of the molecule is CC(=O)Nc1ccc(NC(=O)C(O)(c2ccccc2)c2ccccc2)cc1. The van der Waals surface area contributed by atoms with Crippen LogP contribution in [0.2, 0.25) is 0 Å². The van der Waals surface area contributed by atoms with Gasteiger partial charge in [0.25, 0.3) is 5.91 Å². The highest BCUT2D eigenvalue weighted by molar-refractivity contribution is 6.00. The number of rotatable bonds is 5. The van der Waals surface area contributed by atoms with E-state index in [-0.39, 0.29) is 5.91 Å². The minimum Gasteiger partial charge on any atom is -0.372 e. The summed E-state index contributed by atoms with van der Waals surface area (Å²) in [5.41, 5.74) is 0.257. The molecule has 27 heavy (non-hydrogen) atoms. The number of benzene rings is 3. The molecule has 3 aromatic carbocycles. The molecule has 0 saturated heterocycles. The molecule has 2 amide bonds. The second-order valence-corrected chi connectivity index (χ2v) is 6.16. The maximum atomic E-state index is 13.1. The number of aliphatic hydroxyl groups is 1. The Hall–Kier alpha value is -3.44. The van der Waals surface area contributed by atoms with Crippen LogP contribution in [0.3, 0.4) is 0 Å². The molecule has 0 aliphatic heterocycles. The highest BCUT2D eigenvalue weighted by Crippen LogP contribution is 2.31. The van der Waals surface area contributed by atoms with Crippen LogP contribution in [0.25, 0.3) is 0 Å². The Kier molecular flexibility index (Phi) is 5.33. The zero-order chi connectivity index (χ0) is 19.3. The van der Waals surface area contributed by atoms with Gasteiger partial charge in [0.2, 0.25) is 5.91 Å². The zero-order valence-electron chi connectivity index (χ0n) is 14.8. The molecule has 5 heteroatoms. The summed E-state index contributed by atoms with van der Waals surface area (Å²) in [6, 6.07) is 24.3. The number of amides is 2. The smallest absolute Gasteiger partial charge is 0.265 e. The number of hydrogen-bond donors (Lipinski definition) is 3. The normalized spacial score (nSPS) is 10.9. The van der Waals surface area contributed by atoms with E-state index < -0.39 is 11.5 Å². The zero-order valence-corrected chi connectivity index (χ0v) is 14.8. The van der Waals surface area contributed by atoms with Crippen LogP contribution in [-0.4, -0.2) is 16.9 Å². The number of carbonyl (C=O) groups is 2.